The molecule has 0 bridgehead atoms. The first-order chi connectivity index (χ1) is 4.27. The lowest BCUT2D eigenvalue weighted by Crippen LogP contribution is -1.74. The van der Waals surface area contributed by atoms with Crippen LogP contribution in [-0.2, 0) is 0 Å². The molecule has 0 spiro atoms. The van der Waals surface area contributed by atoms with Crippen LogP contribution in [0.15, 0.2) is 22.5 Å². The lowest BCUT2D eigenvalue weighted by Gasteiger charge is -1.87. The number of azo groups is 1. The van der Waals surface area contributed by atoms with E-state index in [0.29, 0.717) is 5.92 Å². The van der Waals surface area contributed by atoms with Gasteiger partial charge >= 0.3 is 0 Å². The van der Waals surface area contributed by atoms with Crippen molar-refractivity contribution in [1.29, 1.82) is 5.41 Å². The van der Waals surface area contributed by atoms with E-state index in [-0.39, 0.29) is 0 Å². The summed E-state index contributed by atoms with van der Waals surface area (Å²) in [4.78, 5) is 0. The fourth-order valence-corrected chi connectivity index (χ4v) is 0.282. The molecule has 1 N–H and O–H groups in total. The minimum Gasteiger partial charge on any atom is -0.288 e. The van der Waals surface area contributed by atoms with Gasteiger partial charge in [0.05, 0.1) is 0 Å². The molecule has 0 saturated heterocycles. The SMILES string of the molecule is CC(C)/C=C\N=NC=N. The molecule has 0 saturated carbocycles. The maximum Gasteiger partial charge on any atom is 0.129 e. The number of rotatable bonds is 3. The number of hydrogen-bond acceptors (Lipinski definition) is 2. The minimum atomic E-state index is 0.495. The number of hydrogen-bond donors (Lipinski definition) is 1. The highest BCUT2D eigenvalue weighted by molar-refractivity contribution is 5.49. The van der Waals surface area contributed by atoms with Crippen LogP contribution in [0.4, 0.5) is 0 Å². The van der Waals surface area contributed by atoms with Crippen LogP contribution >= 0.6 is 0 Å². The minimum absolute atomic E-state index is 0.495. The van der Waals surface area contributed by atoms with Gasteiger partial charge in [0, 0.05) is 6.20 Å². The summed E-state index contributed by atoms with van der Waals surface area (Å²) in [6.45, 7) is 4.10. The van der Waals surface area contributed by atoms with Crippen molar-refractivity contribution < 1.29 is 0 Å². The van der Waals surface area contributed by atoms with E-state index in [1.54, 1.807) is 6.20 Å². The summed E-state index contributed by atoms with van der Waals surface area (Å²) in [5.74, 6) is 0.495. The average Bonchev–Trinajstić information content (AvgIpc) is 1.80. The zero-order chi connectivity index (χ0) is 7.11. The van der Waals surface area contributed by atoms with Crippen LogP contribution in [0.5, 0.6) is 0 Å². The molecule has 0 aliphatic carbocycles. The van der Waals surface area contributed by atoms with Crippen molar-refractivity contribution in [3.8, 4) is 0 Å². The largest absolute Gasteiger partial charge is 0.288 e. The molecular weight excluding hydrogens is 114 g/mol. The molecule has 3 nitrogen and oxygen atoms in total. The molecule has 0 heterocycles. The Morgan fingerprint density at radius 3 is 2.44 bits per heavy atom. The van der Waals surface area contributed by atoms with Gasteiger partial charge in [0.1, 0.15) is 6.34 Å². The van der Waals surface area contributed by atoms with Gasteiger partial charge in [-0.15, -0.1) is 5.11 Å². The second-order valence-electron chi connectivity index (χ2n) is 1.95. The maximum atomic E-state index is 6.47. The predicted octanol–water partition coefficient (Wildman–Crippen LogP) is 2.22. The summed E-state index contributed by atoms with van der Waals surface area (Å²) in [5.41, 5.74) is 0. The average molecular weight is 125 g/mol. The number of allylic oxidation sites excluding steroid dienone is 1. The Morgan fingerprint density at radius 1 is 1.33 bits per heavy atom. The van der Waals surface area contributed by atoms with Gasteiger partial charge in [0.2, 0.25) is 0 Å². The molecule has 0 aromatic rings. The zero-order valence-corrected chi connectivity index (χ0v) is 5.70. The van der Waals surface area contributed by atoms with E-state index >= 15 is 0 Å². The third-order valence-corrected chi connectivity index (χ3v) is 0.662. The topological polar surface area (TPSA) is 48.6 Å². The molecule has 0 aliphatic heterocycles. The third kappa shape index (κ3) is 7.01. The molecule has 0 rings (SSSR count). The van der Waals surface area contributed by atoms with Gasteiger partial charge in [0.15, 0.2) is 0 Å². The van der Waals surface area contributed by atoms with Gasteiger partial charge in [-0.05, 0) is 5.92 Å². The molecule has 3 heteroatoms. The molecule has 0 aromatic heterocycles. The van der Waals surface area contributed by atoms with E-state index < -0.39 is 0 Å². The van der Waals surface area contributed by atoms with Crippen LogP contribution in [-0.4, -0.2) is 6.34 Å². The van der Waals surface area contributed by atoms with Crippen LogP contribution in [0.3, 0.4) is 0 Å². The second-order valence-corrected chi connectivity index (χ2v) is 1.95. The van der Waals surface area contributed by atoms with Crippen LogP contribution < -0.4 is 0 Å². The summed E-state index contributed by atoms with van der Waals surface area (Å²) < 4.78 is 0. The smallest absolute Gasteiger partial charge is 0.129 e. The summed E-state index contributed by atoms with van der Waals surface area (Å²) >= 11 is 0. The fourth-order valence-electron chi connectivity index (χ4n) is 0.282. The monoisotopic (exact) mass is 125 g/mol. The number of nitrogens with zero attached hydrogens (tertiary/aromatic N) is 2. The maximum absolute atomic E-state index is 6.47. The van der Waals surface area contributed by atoms with Gasteiger partial charge in [0.25, 0.3) is 0 Å². The molecule has 50 valence electrons. The van der Waals surface area contributed by atoms with E-state index in [9.17, 15) is 0 Å². The standard InChI is InChI=1S/C6H11N3/c1-6(2)3-4-8-9-5-7/h3-7H,1-2H3/b4-3-,7-5?,9-8?. The first-order valence-electron chi connectivity index (χ1n) is 2.83. The van der Waals surface area contributed by atoms with Crippen LogP contribution in [0.2, 0.25) is 0 Å². The molecule has 0 radical (unpaired) electrons. The Bertz CT molecular complexity index is 124. The summed E-state index contributed by atoms with van der Waals surface area (Å²) in [6.07, 6.45) is 4.41. The number of nitrogens with one attached hydrogen (secondary N) is 1. The van der Waals surface area contributed by atoms with E-state index in [1.807, 2.05) is 6.08 Å². The Kier molecular flexibility index (Phi) is 4.59. The Hall–Kier alpha value is -0.990. The Morgan fingerprint density at radius 2 is 2.00 bits per heavy atom. The van der Waals surface area contributed by atoms with Crippen molar-refractivity contribution in [2.45, 2.75) is 13.8 Å². The van der Waals surface area contributed by atoms with E-state index in [2.05, 4.69) is 24.1 Å². The van der Waals surface area contributed by atoms with E-state index in [4.69, 9.17) is 5.41 Å². The van der Waals surface area contributed by atoms with Crippen molar-refractivity contribution in [3.05, 3.63) is 12.3 Å². The first kappa shape index (κ1) is 8.01. The predicted molar refractivity (Wildman–Crippen MR) is 37.6 cm³/mol. The summed E-state index contributed by atoms with van der Waals surface area (Å²) in [5, 5.41) is 13.3. The summed E-state index contributed by atoms with van der Waals surface area (Å²) in [6, 6.07) is 0. The fraction of sp³-hybridized carbons (Fsp3) is 0.500. The van der Waals surface area contributed by atoms with Gasteiger partial charge in [-0.3, -0.25) is 5.41 Å². The van der Waals surface area contributed by atoms with Crippen molar-refractivity contribution >= 4 is 6.34 Å². The van der Waals surface area contributed by atoms with Crippen molar-refractivity contribution in [2.75, 3.05) is 0 Å². The normalized spacial score (nSPS) is 11.9. The van der Waals surface area contributed by atoms with E-state index in [1.165, 1.54) is 0 Å². The summed E-state index contributed by atoms with van der Waals surface area (Å²) in [7, 11) is 0. The van der Waals surface area contributed by atoms with E-state index in [0.717, 1.165) is 6.34 Å². The highest BCUT2D eigenvalue weighted by Crippen LogP contribution is 1.92. The Balaban J connectivity index is 3.46. The third-order valence-electron chi connectivity index (χ3n) is 0.662. The molecule has 0 atom stereocenters. The zero-order valence-electron chi connectivity index (χ0n) is 5.70. The van der Waals surface area contributed by atoms with Crippen LogP contribution in [0.25, 0.3) is 0 Å². The second kappa shape index (κ2) is 5.15. The molecule has 9 heavy (non-hydrogen) atoms. The molecule has 0 aliphatic rings. The molecule has 0 fully saturated rings. The molecule has 0 amide bonds. The van der Waals surface area contributed by atoms with Crippen molar-refractivity contribution in [1.82, 2.24) is 0 Å². The van der Waals surface area contributed by atoms with Gasteiger partial charge in [-0.2, -0.15) is 5.11 Å². The Labute approximate surface area is 55.0 Å². The van der Waals surface area contributed by atoms with Gasteiger partial charge < -0.3 is 0 Å². The molecule has 0 aromatic carbocycles. The van der Waals surface area contributed by atoms with Gasteiger partial charge in [-0.1, -0.05) is 19.9 Å². The molecule has 0 unspecified atom stereocenters. The van der Waals surface area contributed by atoms with Crippen LogP contribution in [0.1, 0.15) is 13.8 Å². The van der Waals surface area contributed by atoms with Gasteiger partial charge in [-0.25, -0.2) is 0 Å². The highest BCUT2D eigenvalue weighted by Gasteiger charge is 1.79. The highest BCUT2D eigenvalue weighted by atomic mass is 15.1. The first-order valence-corrected chi connectivity index (χ1v) is 2.83. The lowest BCUT2D eigenvalue weighted by atomic mass is 10.2. The van der Waals surface area contributed by atoms with Crippen LogP contribution in [0, 0.1) is 11.3 Å². The molecular formula is C6H11N3. The van der Waals surface area contributed by atoms with Crippen molar-refractivity contribution in [3.63, 3.8) is 0 Å². The lowest BCUT2D eigenvalue weighted by molar-refractivity contribution is 0.827. The quantitative estimate of drug-likeness (QED) is 0.341. The van der Waals surface area contributed by atoms with Crippen molar-refractivity contribution in [2.24, 2.45) is 16.1 Å².